The molecule has 0 heterocycles. The Morgan fingerprint density at radius 3 is 2.31 bits per heavy atom. The molecule has 3 N–H and O–H groups in total. The SMILES string of the molecule is Cc1cc(N)cc(C)c1OCCNC(C)C. The van der Waals surface area contributed by atoms with E-state index in [0.717, 1.165) is 29.1 Å². The van der Waals surface area contributed by atoms with Crippen molar-refractivity contribution in [1.29, 1.82) is 0 Å². The monoisotopic (exact) mass is 222 g/mol. The number of ether oxygens (including phenoxy) is 1. The van der Waals surface area contributed by atoms with Crippen LogP contribution in [0.2, 0.25) is 0 Å². The number of aryl methyl sites for hydroxylation is 2. The summed E-state index contributed by atoms with van der Waals surface area (Å²) in [5.74, 6) is 0.958. The largest absolute Gasteiger partial charge is 0.492 e. The molecule has 0 aliphatic rings. The molecular formula is C13H22N2O. The molecule has 1 aromatic carbocycles. The second kappa shape index (κ2) is 5.75. The average molecular weight is 222 g/mol. The zero-order chi connectivity index (χ0) is 12.1. The minimum Gasteiger partial charge on any atom is -0.492 e. The third-order valence-electron chi connectivity index (χ3n) is 2.38. The smallest absolute Gasteiger partial charge is 0.125 e. The Kier molecular flexibility index (Phi) is 4.62. The van der Waals surface area contributed by atoms with Crippen LogP contribution < -0.4 is 15.8 Å². The molecule has 0 saturated carbocycles. The number of nitrogen functional groups attached to an aromatic ring is 1. The van der Waals surface area contributed by atoms with Gasteiger partial charge in [0.2, 0.25) is 0 Å². The lowest BCUT2D eigenvalue weighted by Crippen LogP contribution is -2.27. The first-order chi connectivity index (χ1) is 7.50. The molecule has 1 rings (SSSR count). The van der Waals surface area contributed by atoms with Crippen molar-refractivity contribution in [2.24, 2.45) is 0 Å². The summed E-state index contributed by atoms with van der Waals surface area (Å²) in [4.78, 5) is 0. The third kappa shape index (κ3) is 3.74. The molecule has 0 aliphatic carbocycles. The lowest BCUT2D eigenvalue weighted by molar-refractivity contribution is 0.305. The number of rotatable bonds is 5. The summed E-state index contributed by atoms with van der Waals surface area (Å²) in [6.07, 6.45) is 0. The van der Waals surface area contributed by atoms with Crippen LogP contribution in [0.1, 0.15) is 25.0 Å². The minimum atomic E-state index is 0.497. The molecule has 1 aromatic rings. The molecule has 3 nitrogen and oxygen atoms in total. The zero-order valence-electron chi connectivity index (χ0n) is 10.6. The molecule has 0 saturated heterocycles. The van der Waals surface area contributed by atoms with Crippen LogP contribution in [-0.2, 0) is 0 Å². The van der Waals surface area contributed by atoms with Gasteiger partial charge in [-0.15, -0.1) is 0 Å². The Labute approximate surface area is 98.0 Å². The van der Waals surface area contributed by atoms with Gasteiger partial charge in [0.05, 0.1) is 0 Å². The number of hydrogen-bond donors (Lipinski definition) is 2. The van der Waals surface area contributed by atoms with E-state index < -0.39 is 0 Å². The first-order valence-corrected chi connectivity index (χ1v) is 5.73. The molecule has 16 heavy (non-hydrogen) atoms. The van der Waals surface area contributed by atoms with E-state index in [1.165, 1.54) is 0 Å². The van der Waals surface area contributed by atoms with E-state index in [0.29, 0.717) is 12.6 Å². The Balaban J connectivity index is 2.54. The fourth-order valence-corrected chi connectivity index (χ4v) is 1.71. The molecule has 0 aromatic heterocycles. The standard InChI is InChI=1S/C13H22N2O/c1-9(2)15-5-6-16-13-10(3)7-12(14)8-11(13)4/h7-9,15H,5-6,14H2,1-4H3. The number of benzene rings is 1. The van der Waals surface area contributed by atoms with Gasteiger partial charge in [-0.05, 0) is 37.1 Å². The predicted octanol–water partition coefficient (Wildman–Crippen LogP) is 2.26. The highest BCUT2D eigenvalue weighted by Gasteiger charge is 2.04. The molecule has 0 radical (unpaired) electrons. The Morgan fingerprint density at radius 1 is 1.25 bits per heavy atom. The van der Waals surface area contributed by atoms with Crippen molar-refractivity contribution in [1.82, 2.24) is 5.32 Å². The highest BCUT2D eigenvalue weighted by atomic mass is 16.5. The van der Waals surface area contributed by atoms with E-state index in [4.69, 9.17) is 10.5 Å². The summed E-state index contributed by atoms with van der Waals surface area (Å²) in [6, 6.07) is 4.38. The quantitative estimate of drug-likeness (QED) is 0.593. The fraction of sp³-hybridized carbons (Fsp3) is 0.538. The third-order valence-corrected chi connectivity index (χ3v) is 2.38. The predicted molar refractivity (Wildman–Crippen MR) is 69.0 cm³/mol. The van der Waals surface area contributed by atoms with Crippen LogP contribution in [0.3, 0.4) is 0 Å². The van der Waals surface area contributed by atoms with E-state index in [-0.39, 0.29) is 0 Å². The van der Waals surface area contributed by atoms with Crippen LogP contribution in [-0.4, -0.2) is 19.2 Å². The topological polar surface area (TPSA) is 47.3 Å². The van der Waals surface area contributed by atoms with Gasteiger partial charge in [-0.1, -0.05) is 13.8 Å². The van der Waals surface area contributed by atoms with Crippen LogP contribution in [0, 0.1) is 13.8 Å². The molecule has 0 unspecified atom stereocenters. The number of nitrogens with one attached hydrogen (secondary N) is 1. The molecular weight excluding hydrogens is 200 g/mol. The van der Waals surface area contributed by atoms with Gasteiger partial charge >= 0.3 is 0 Å². The van der Waals surface area contributed by atoms with Crippen molar-refractivity contribution in [3.63, 3.8) is 0 Å². The van der Waals surface area contributed by atoms with Gasteiger partial charge in [0.15, 0.2) is 0 Å². The summed E-state index contributed by atoms with van der Waals surface area (Å²) in [5, 5.41) is 3.32. The Bertz CT molecular complexity index is 325. The molecule has 0 fully saturated rings. The van der Waals surface area contributed by atoms with E-state index in [2.05, 4.69) is 19.2 Å². The Hall–Kier alpha value is -1.22. The highest BCUT2D eigenvalue weighted by Crippen LogP contribution is 2.25. The number of anilines is 1. The summed E-state index contributed by atoms with van der Waals surface area (Å²) in [7, 11) is 0. The van der Waals surface area contributed by atoms with Crippen molar-refractivity contribution < 1.29 is 4.74 Å². The van der Waals surface area contributed by atoms with Gasteiger partial charge in [-0.2, -0.15) is 0 Å². The van der Waals surface area contributed by atoms with Crippen LogP contribution in [0.15, 0.2) is 12.1 Å². The van der Waals surface area contributed by atoms with E-state index >= 15 is 0 Å². The van der Waals surface area contributed by atoms with Crippen LogP contribution in [0.4, 0.5) is 5.69 Å². The summed E-state index contributed by atoms with van der Waals surface area (Å²) < 4.78 is 5.75. The number of nitrogens with two attached hydrogens (primary N) is 1. The summed E-state index contributed by atoms with van der Waals surface area (Å²) in [6.45, 7) is 9.84. The van der Waals surface area contributed by atoms with E-state index in [1.807, 2.05) is 26.0 Å². The van der Waals surface area contributed by atoms with Crippen molar-refractivity contribution in [3.05, 3.63) is 23.3 Å². The molecule has 0 spiro atoms. The summed E-state index contributed by atoms with van der Waals surface area (Å²) >= 11 is 0. The van der Waals surface area contributed by atoms with Crippen molar-refractivity contribution in [2.75, 3.05) is 18.9 Å². The van der Waals surface area contributed by atoms with Crippen LogP contribution in [0.25, 0.3) is 0 Å². The maximum Gasteiger partial charge on any atom is 0.125 e. The van der Waals surface area contributed by atoms with Gasteiger partial charge in [0, 0.05) is 18.3 Å². The zero-order valence-corrected chi connectivity index (χ0v) is 10.6. The first-order valence-electron chi connectivity index (χ1n) is 5.73. The molecule has 0 bridgehead atoms. The molecule has 90 valence electrons. The van der Waals surface area contributed by atoms with Gasteiger partial charge in [0.25, 0.3) is 0 Å². The molecule has 0 amide bonds. The molecule has 3 heteroatoms. The minimum absolute atomic E-state index is 0.497. The van der Waals surface area contributed by atoms with E-state index in [9.17, 15) is 0 Å². The second-order valence-electron chi connectivity index (χ2n) is 4.44. The van der Waals surface area contributed by atoms with Gasteiger partial charge < -0.3 is 15.8 Å². The van der Waals surface area contributed by atoms with E-state index in [1.54, 1.807) is 0 Å². The molecule has 0 aliphatic heterocycles. The maximum absolute atomic E-state index is 5.75. The van der Waals surface area contributed by atoms with Crippen molar-refractivity contribution >= 4 is 5.69 Å². The van der Waals surface area contributed by atoms with Crippen molar-refractivity contribution in [3.8, 4) is 5.75 Å². The van der Waals surface area contributed by atoms with Gasteiger partial charge in [0.1, 0.15) is 12.4 Å². The Morgan fingerprint density at radius 2 is 1.81 bits per heavy atom. The van der Waals surface area contributed by atoms with Gasteiger partial charge in [-0.25, -0.2) is 0 Å². The van der Waals surface area contributed by atoms with Crippen LogP contribution in [0.5, 0.6) is 5.75 Å². The lowest BCUT2D eigenvalue weighted by Gasteiger charge is -2.14. The lowest BCUT2D eigenvalue weighted by atomic mass is 10.1. The second-order valence-corrected chi connectivity index (χ2v) is 4.44. The maximum atomic E-state index is 5.75. The van der Waals surface area contributed by atoms with Crippen molar-refractivity contribution in [2.45, 2.75) is 33.7 Å². The fourth-order valence-electron chi connectivity index (χ4n) is 1.71. The number of hydrogen-bond acceptors (Lipinski definition) is 3. The highest BCUT2D eigenvalue weighted by molar-refractivity contribution is 5.52. The van der Waals surface area contributed by atoms with Crippen LogP contribution >= 0.6 is 0 Å². The normalized spacial score (nSPS) is 10.8. The first kappa shape index (κ1) is 12.8. The molecule has 0 atom stereocenters. The van der Waals surface area contributed by atoms with Gasteiger partial charge in [-0.3, -0.25) is 0 Å². The average Bonchev–Trinajstić information content (AvgIpc) is 2.14. The summed E-state index contributed by atoms with van der Waals surface area (Å²) in [5.41, 5.74) is 8.75.